The normalized spacial score (nSPS) is 21.4. The van der Waals surface area contributed by atoms with E-state index in [0.717, 1.165) is 42.7 Å². The summed E-state index contributed by atoms with van der Waals surface area (Å²) in [5.74, 6) is -2.54. The molecule has 10 heteroatoms. The average Bonchev–Trinajstić information content (AvgIpc) is 3.28. The number of para-hydroxylation sites is 1. The number of hydrogen-bond acceptors (Lipinski definition) is 4. The standard InChI is InChI=1S/C25H23F3N2O5/c1-29(21(31)13-14-22(32)33)23-17-5-2-3-7-19(17)30(20-8-4-6-18(20)23)24(34)15-9-11-16(12-10-15)35-25(26,27)28/h2-3,5,7,9-14,18,20,23H,4,6,8H2,1H3,(H,32,33). The Bertz CT molecular complexity index is 1160. The molecule has 0 aromatic heterocycles. The van der Waals surface area contributed by atoms with E-state index in [0.29, 0.717) is 12.1 Å². The summed E-state index contributed by atoms with van der Waals surface area (Å²) in [5.41, 5.74) is 1.58. The molecule has 2 aromatic rings. The Labute approximate surface area is 199 Å². The van der Waals surface area contributed by atoms with Crippen LogP contribution in [0.15, 0.2) is 60.7 Å². The summed E-state index contributed by atoms with van der Waals surface area (Å²) in [6, 6.07) is 11.4. The van der Waals surface area contributed by atoms with Crippen LogP contribution in [-0.2, 0) is 9.59 Å². The van der Waals surface area contributed by atoms with Crippen molar-refractivity contribution >= 4 is 23.5 Å². The molecule has 1 saturated carbocycles. The predicted molar refractivity (Wildman–Crippen MR) is 120 cm³/mol. The van der Waals surface area contributed by atoms with Gasteiger partial charge in [0, 0.05) is 42.4 Å². The Hall–Kier alpha value is -3.82. The molecule has 1 aliphatic carbocycles. The molecular formula is C25H23F3N2O5. The van der Waals surface area contributed by atoms with E-state index in [1.54, 1.807) is 30.1 Å². The third-order valence-corrected chi connectivity index (χ3v) is 6.47. The van der Waals surface area contributed by atoms with Crippen LogP contribution in [0, 0.1) is 5.92 Å². The van der Waals surface area contributed by atoms with Gasteiger partial charge in [-0.2, -0.15) is 0 Å². The minimum atomic E-state index is -4.83. The first-order valence-electron chi connectivity index (χ1n) is 11.0. The predicted octanol–water partition coefficient (Wildman–Crippen LogP) is 4.55. The first kappa shape index (κ1) is 24.3. The molecule has 0 spiro atoms. The smallest absolute Gasteiger partial charge is 0.478 e. The topological polar surface area (TPSA) is 87.2 Å². The third-order valence-electron chi connectivity index (χ3n) is 6.47. The molecule has 1 fully saturated rings. The van der Waals surface area contributed by atoms with Gasteiger partial charge in [0.25, 0.3) is 5.91 Å². The lowest BCUT2D eigenvalue weighted by Gasteiger charge is -2.46. The van der Waals surface area contributed by atoms with Crippen LogP contribution in [0.5, 0.6) is 5.75 Å². The van der Waals surface area contributed by atoms with Crippen LogP contribution in [-0.4, -0.2) is 47.2 Å². The van der Waals surface area contributed by atoms with Crippen molar-refractivity contribution < 1.29 is 37.4 Å². The number of carboxylic acids is 1. The van der Waals surface area contributed by atoms with Crippen molar-refractivity contribution in [2.75, 3.05) is 11.9 Å². The Morgan fingerprint density at radius 2 is 1.74 bits per heavy atom. The summed E-state index contributed by atoms with van der Waals surface area (Å²) < 4.78 is 41.4. The lowest BCUT2D eigenvalue weighted by Crippen LogP contribution is -2.51. The average molecular weight is 488 g/mol. The lowest BCUT2D eigenvalue weighted by molar-refractivity contribution is -0.274. The van der Waals surface area contributed by atoms with E-state index in [2.05, 4.69) is 4.74 Å². The molecule has 0 bridgehead atoms. The SMILES string of the molecule is CN(C(=O)C=CC(=O)O)C1c2ccccc2N(C(=O)c2ccc(OC(F)(F)F)cc2)C2CCCC12. The molecule has 4 rings (SSSR count). The van der Waals surface area contributed by atoms with Crippen molar-refractivity contribution in [2.45, 2.75) is 37.7 Å². The highest BCUT2D eigenvalue weighted by Crippen LogP contribution is 2.50. The van der Waals surface area contributed by atoms with Gasteiger partial charge < -0.3 is 19.6 Å². The molecule has 184 valence electrons. The van der Waals surface area contributed by atoms with Crippen molar-refractivity contribution in [1.29, 1.82) is 0 Å². The highest BCUT2D eigenvalue weighted by Gasteiger charge is 2.47. The zero-order valence-electron chi connectivity index (χ0n) is 18.7. The molecule has 3 unspecified atom stereocenters. The number of aliphatic carboxylic acids is 1. The molecule has 3 atom stereocenters. The van der Waals surface area contributed by atoms with Crippen molar-refractivity contribution in [1.82, 2.24) is 4.90 Å². The maximum Gasteiger partial charge on any atom is 0.573 e. The van der Waals surface area contributed by atoms with E-state index < -0.39 is 24.0 Å². The Balaban J connectivity index is 1.69. The zero-order valence-corrected chi connectivity index (χ0v) is 18.7. The summed E-state index contributed by atoms with van der Waals surface area (Å²) in [6.07, 6.45) is -0.740. The summed E-state index contributed by atoms with van der Waals surface area (Å²) >= 11 is 0. The van der Waals surface area contributed by atoms with E-state index in [1.807, 2.05) is 6.07 Å². The van der Waals surface area contributed by atoms with E-state index in [-0.39, 0.29) is 29.5 Å². The molecule has 0 radical (unpaired) electrons. The Morgan fingerprint density at radius 1 is 1.06 bits per heavy atom. The summed E-state index contributed by atoms with van der Waals surface area (Å²) in [7, 11) is 1.61. The van der Waals surface area contributed by atoms with Crippen LogP contribution < -0.4 is 9.64 Å². The number of alkyl halides is 3. The number of carbonyl (C=O) groups excluding carboxylic acids is 2. The van der Waals surface area contributed by atoms with E-state index in [4.69, 9.17) is 5.11 Å². The van der Waals surface area contributed by atoms with Gasteiger partial charge in [0.1, 0.15) is 5.75 Å². The quantitative estimate of drug-likeness (QED) is 0.624. The molecule has 2 aliphatic rings. The molecule has 1 N–H and O–H groups in total. The molecule has 2 aromatic carbocycles. The van der Waals surface area contributed by atoms with Crippen LogP contribution in [0.1, 0.15) is 41.2 Å². The third kappa shape index (κ3) is 5.01. The van der Waals surface area contributed by atoms with E-state index in [1.165, 1.54) is 17.0 Å². The van der Waals surface area contributed by atoms with Crippen LogP contribution in [0.25, 0.3) is 0 Å². The minimum Gasteiger partial charge on any atom is -0.478 e. The molecule has 35 heavy (non-hydrogen) atoms. The number of likely N-dealkylation sites (N-methyl/N-ethyl adjacent to an activating group) is 1. The highest BCUT2D eigenvalue weighted by atomic mass is 19.4. The van der Waals surface area contributed by atoms with Gasteiger partial charge in [-0.05, 0) is 48.7 Å². The maximum absolute atomic E-state index is 13.6. The number of halogens is 3. The summed E-state index contributed by atoms with van der Waals surface area (Å²) in [4.78, 5) is 40.4. The van der Waals surface area contributed by atoms with E-state index in [9.17, 15) is 27.6 Å². The van der Waals surface area contributed by atoms with Gasteiger partial charge in [-0.25, -0.2) is 4.79 Å². The number of amides is 2. The largest absolute Gasteiger partial charge is 0.573 e. The number of carbonyl (C=O) groups is 3. The van der Waals surface area contributed by atoms with Gasteiger partial charge in [-0.3, -0.25) is 9.59 Å². The van der Waals surface area contributed by atoms with Gasteiger partial charge >= 0.3 is 12.3 Å². The van der Waals surface area contributed by atoms with Gasteiger partial charge in [0.2, 0.25) is 5.91 Å². The van der Waals surface area contributed by atoms with Crippen LogP contribution in [0.3, 0.4) is 0 Å². The minimum absolute atomic E-state index is 0.0890. The Kier molecular flexibility index (Phi) is 6.56. The van der Waals surface area contributed by atoms with E-state index >= 15 is 0 Å². The molecule has 0 saturated heterocycles. The number of benzene rings is 2. The fraction of sp³-hybridized carbons (Fsp3) is 0.320. The fourth-order valence-electron chi connectivity index (χ4n) is 5.12. The van der Waals surface area contributed by atoms with Gasteiger partial charge in [-0.15, -0.1) is 13.2 Å². The monoisotopic (exact) mass is 488 g/mol. The first-order valence-corrected chi connectivity index (χ1v) is 11.0. The lowest BCUT2D eigenvalue weighted by atomic mass is 9.81. The second kappa shape index (κ2) is 9.44. The molecule has 2 amide bonds. The second-order valence-corrected chi connectivity index (χ2v) is 8.53. The summed E-state index contributed by atoms with van der Waals surface area (Å²) in [5, 5.41) is 8.87. The molecule has 1 aliphatic heterocycles. The van der Waals surface area contributed by atoms with Crippen molar-refractivity contribution in [3.05, 3.63) is 71.8 Å². The van der Waals surface area contributed by atoms with Crippen LogP contribution >= 0.6 is 0 Å². The molecular weight excluding hydrogens is 465 g/mol. The maximum atomic E-state index is 13.6. The van der Waals surface area contributed by atoms with Crippen molar-refractivity contribution in [2.24, 2.45) is 5.92 Å². The zero-order chi connectivity index (χ0) is 25.3. The number of rotatable bonds is 5. The van der Waals surface area contributed by atoms with Gasteiger partial charge in [0.15, 0.2) is 0 Å². The second-order valence-electron chi connectivity index (χ2n) is 8.53. The van der Waals surface area contributed by atoms with Crippen molar-refractivity contribution in [3.8, 4) is 5.75 Å². The number of ether oxygens (including phenoxy) is 1. The van der Waals surface area contributed by atoms with Crippen LogP contribution in [0.2, 0.25) is 0 Å². The first-order chi connectivity index (χ1) is 16.6. The molecule has 7 nitrogen and oxygen atoms in total. The van der Waals surface area contributed by atoms with Crippen molar-refractivity contribution in [3.63, 3.8) is 0 Å². The number of carboxylic acid groups (broad SMARTS) is 1. The number of hydrogen-bond donors (Lipinski definition) is 1. The summed E-state index contributed by atoms with van der Waals surface area (Å²) in [6.45, 7) is 0. The molecule has 1 heterocycles. The highest BCUT2D eigenvalue weighted by molar-refractivity contribution is 6.07. The van der Waals surface area contributed by atoms with Gasteiger partial charge in [0.05, 0.1) is 6.04 Å². The Morgan fingerprint density at radius 3 is 2.40 bits per heavy atom. The number of anilines is 1. The van der Waals surface area contributed by atoms with Gasteiger partial charge in [-0.1, -0.05) is 24.6 Å². The van der Waals surface area contributed by atoms with Crippen LogP contribution in [0.4, 0.5) is 18.9 Å². The fourth-order valence-corrected chi connectivity index (χ4v) is 5.12. The number of fused-ring (bicyclic) bond motifs is 2. The number of nitrogens with zero attached hydrogens (tertiary/aromatic N) is 2.